The second-order valence-electron chi connectivity index (χ2n) is 8.34. The maximum Gasteiger partial charge on any atom is 0.0408 e. The van der Waals surface area contributed by atoms with Crippen LogP contribution in [0.1, 0.15) is 25.0 Å². The van der Waals surface area contributed by atoms with Crippen LogP contribution in [0.5, 0.6) is 0 Å². The highest BCUT2D eigenvalue weighted by molar-refractivity contribution is 5.92. The standard InChI is InChI=1S/C28H25N/c1-28(2)25-14-8-7-12-24(25)27-23(13-9-15-26(27)28)20-16-18-22(19-17-20)29(3)21-10-5-4-6-11-21/h4-19H,1-3H3. The quantitative estimate of drug-likeness (QED) is 0.360. The van der Waals surface area contributed by atoms with Crippen molar-refractivity contribution in [1.82, 2.24) is 0 Å². The maximum atomic E-state index is 2.33. The molecule has 4 aromatic carbocycles. The zero-order chi connectivity index (χ0) is 20.0. The average Bonchev–Trinajstić information content (AvgIpc) is 3.02. The Bertz CT molecular complexity index is 1170. The Morgan fingerprint density at radius 2 is 1.14 bits per heavy atom. The van der Waals surface area contributed by atoms with E-state index < -0.39 is 0 Å². The minimum absolute atomic E-state index is 0.0371. The van der Waals surface area contributed by atoms with Crippen LogP contribution in [0.4, 0.5) is 11.4 Å². The van der Waals surface area contributed by atoms with E-state index in [1.807, 2.05) is 0 Å². The fourth-order valence-electron chi connectivity index (χ4n) is 4.66. The normalized spacial score (nSPS) is 13.6. The van der Waals surface area contributed by atoms with Gasteiger partial charge in [0.2, 0.25) is 0 Å². The van der Waals surface area contributed by atoms with Gasteiger partial charge >= 0.3 is 0 Å². The molecule has 5 rings (SSSR count). The summed E-state index contributed by atoms with van der Waals surface area (Å²) in [6.07, 6.45) is 0. The van der Waals surface area contributed by atoms with Gasteiger partial charge in [0.1, 0.15) is 0 Å². The number of rotatable bonds is 3. The molecule has 0 bridgehead atoms. The first-order chi connectivity index (χ1) is 14.1. The van der Waals surface area contributed by atoms with E-state index in [0.717, 1.165) is 0 Å². The number of hydrogen-bond donors (Lipinski definition) is 0. The Labute approximate surface area is 173 Å². The number of fused-ring (bicyclic) bond motifs is 3. The Morgan fingerprint density at radius 1 is 0.552 bits per heavy atom. The summed E-state index contributed by atoms with van der Waals surface area (Å²) in [7, 11) is 2.11. The molecule has 0 saturated carbocycles. The van der Waals surface area contributed by atoms with E-state index in [-0.39, 0.29) is 5.41 Å². The smallest absolute Gasteiger partial charge is 0.0408 e. The van der Waals surface area contributed by atoms with E-state index >= 15 is 0 Å². The molecule has 0 aromatic heterocycles. The lowest BCUT2D eigenvalue weighted by Crippen LogP contribution is -2.14. The summed E-state index contributed by atoms with van der Waals surface area (Å²) in [5.41, 5.74) is 10.6. The van der Waals surface area contributed by atoms with Crippen LogP contribution in [0.15, 0.2) is 97.1 Å². The Morgan fingerprint density at radius 3 is 1.90 bits per heavy atom. The number of para-hydroxylation sites is 1. The van der Waals surface area contributed by atoms with Crippen LogP contribution < -0.4 is 4.90 Å². The number of anilines is 2. The van der Waals surface area contributed by atoms with Crippen LogP contribution in [0.25, 0.3) is 22.3 Å². The lowest BCUT2D eigenvalue weighted by molar-refractivity contribution is 0.660. The first-order valence-electron chi connectivity index (χ1n) is 10.2. The van der Waals surface area contributed by atoms with Gasteiger partial charge in [-0.25, -0.2) is 0 Å². The fourth-order valence-corrected chi connectivity index (χ4v) is 4.66. The van der Waals surface area contributed by atoms with Crippen molar-refractivity contribution in [1.29, 1.82) is 0 Å². The highest BCUT2D eigenvalue weighted by Gasteiger charge is 2.36. The largest absolute Gasteiger partial charge is 0.345 e. The molecular formula is C28H25N. The van der Waals surface area contributed by atoms with Crippen LogP contribution in [0.3, 0.4) is 0 Å². The topological polar surface area (TPSA) is 3.24 Å². The van der Waals surface area contributed by atoms with Gasteiger partial charge in [-0.15, -0.1) is 0 Å². The third-order valence-electron chi connectivity index (χ3n) is 6.32. The predicted octanol–water partition coefficient (Wildman–Crippen LogP) is 7.43. The first kappa shape index (κ1) is 17.8. The average molecular weight is 376 g/mol. The number of nitrogens with zero attached hydrogens (tertiary/aromatic N) is 1. The van der Waals surface area contributed by atoms with Gasteiger partial charge in [-0.2, -0.15) is 0 Å². The fraction of sp³-hybridized carbons (Fsp3) is 0.143. The van der Waals surface area contributed by atoms with Crippen LogP contribution >= 0.6 is 0 Å². The van der Waals surface area contributed by atoms with Gasteiger partial charge in [-0.3, -0.25) is 0 Å². The molecule has 0 N–H and O–H groups in total. The lowest BCUT2D eigenvalue weighted by atomic mass is 9.82. The number of benzene rings is 4. The molecular weight excluding hydrogens is 350 g/mol. The van der Waals surface area contributed by atoms with E-state index in [1.165, 1.54) is 44.8 Å². The van der Waals surface area contributed by atoms with Gasteiger partial charge in [-0.05, 0) is 57.6 Å². The molecule has 0 spiro atoms. The van der Waals surface area contributed by atoms with Crippen molar-refractivity contribution < 1.29 is 0 Å². The molecule has 4 aromatic rings. The molecule has 29 heavy (non-hydrogen) atoms. The number of hydrogen-bond acceptors (Lipinski definition) is 1. The van der Waals surface area contributed by atoms with Crippen LogP contribution in [-0.4, -0.2) is 7.05 Å². The summed E-state index contributed by atoms with van der Waals surface area (Å²) in [4.78, 5) is 2.22. The Balaban J connectivity index is 1.59. The van der Waals surface area contributed by atoms with Crippen LogP contribution in [0.2, 0.25) is 0 Å². The van der Waals surface area contributed by atoms with Gasteiger partial charge in [0.05, 0.1) is 0 Å². The molecule has 0 unspecified atom stereocenters. The molecule has 0 radical (unpaired) electrons. The highest BCUT2D eigenvalue weighted by atomic mass is 15.1. The third kappa shape index (κ3) is 2.77. The van der Waals surface area contributed by atoms with E-state index in [1.54, 1.807) is 0 Å². The van der Waals surface area contributed by atoms with Crippen molar-refractivity contribution >= 4 is 11.4 Å². The van der Waals surface area contributed by atoms with Crippen molar-refractivity contribution in [2.45, 2.75) is 19.3 Å². The summed E-state index contributed by atoms with van der Waals surface area (Å²) in [5, 5.41) is 0. The molecule has 142 valence electrons. The minimum atomic E-state index is 0.0371. The summed E-state index contributed by atoms with van der Waals surface area (Å²) in [6, 6.07) is 35.0. The van der Waals surface area contributed by atoms with Crippen molar-refractivity contribution in [2.75, 3.05) is 11.9 Å². The summed E-state index contributed by atoms with van der Waals surface area (Å²) < 4.78 is 0. The SMILES string of the molecule is CN(c1ccccc1)c1ccc(-c2cccc3c2-c2ccccc2C3(C)C)cc1. The van der Waals surface area contributed by atoms with E-state index in [0.29, 0.717) is 0 Å². The van der Waals surface area contributed by atoms with Crippen molar-refractivity contribution in [2.24, 2.45) is 0 Å². The van der Waals surface area contributed by atoms with Crippen LogP contribution in [0, 0.1) is 0 Å². The van der Waals surface area contributed by atoms with Crippen molar-refractivity contribution in [3.8, 4) is 22.3 Å². The van der Waals surface area contributed by atoms with Gasteiger partial charge in [0.25, 0.3) is 0 Å². The van der Waals surface area contributed by atoms with Gasteiger partial charge in [0, 0.05) is 23.8 Å². The van der Waals surface area contributed by atoms with Gasteiger partial charge in [-0.1, -0.05) is 86.6 Å². The van der Waals surface area contributed by atoms with E-state index in [2.05, 4.69) is 123 Å². The predicted molar refractivity (Wildman–Crippen MR) is 124 cm³/mol. The lowest BCUT2D eigenvalue weighted by Gasteiger charge is -2.22. The molecule has 1 aliphatic rings. The zero-order valence-corrected chi connectivity index (χ0v) is 17.2. The Kier molecular flexibility index (Phi) is 4.06. The van der Waals surface area contributed by atoms with E-state index in [9.17, 15) is 0 Å². The minimum Gasteiger partial charge on any atom is -0.345 e. The Hall–Kier alpha value is -3.32. The monoisotopic (exact) mass is 375 g/mol. The molecule has 0 saturated heterocycles. The maximum absolute atomic E-state index is 2.33. The second kappa shape index (κ2) is 6.63. The summed E-state index contributed by atoms with van der Waals surface area (Å²) >= 11 is 0. The molecule has 1 nitrogen and oxygen atoms in total. The molecule has 0 heterocycles. The molecule has 1 heteroatoms. The molecule has 0 fully saturated rings. The molecule has 0 aliphatic heterocycles. The second-order valence-corrected chi connectivity index (χ2v) is 8.34. The van der Waals surface area contributed by atoms with Crippen LogP contribution in [-0.2, 0) is 5.41 Å². The van der Waals surface area contributed by atoms with Gasteiger partial charge in [0.15, 0.2) is 0 Å². The van der Waals surface area contributed by atoms with E-state index in [4.69, 9.17) is 0 Å². The molecule has 1 aliphatic carbocycles. The van der Waals surface area contributed by atoms with Gasteiger partial charge < -0.3 is 4.90 Å². The summed E-state index contributed by atoms with van der Waals surface area (Å²) in [6.45, 7) is 4.67. The van der Waals surface area contributed by atoms with Crippen molar-refractivity contribution in [3.63, 3.8) is 0 Å². The third-order valence-corrected chi connectivity index (χ3v) is 6.32. The first-order valence-corrected chi connectivity index (χ1v) is 10.2. The molecule has 0 amide bonds. The van der Waals surface area contributed by atoms with Crippen molar-refractivity contribution in [3.05, 3.63) is 108 Å². The zero-order valence-electron chi connectivity index (χ0n) is 17.2. The molecule has 0 atom stereocenters. The highest BCUT2D eigenvalue weighted by Crippen LogP contribution is 2.51. The summed E-state index contributed by atoms with van der Waals surface area (Å²) in [5.74, 6) is 0.